The molecule has 0 bridgehead atoms. The van der Waals surface area contributed by atoms with Crippen molar-refractivity contribution in [2.45, 2.75) is 41.5 Å². The van der Waals surface area contributed by atoms with Gasteiger partial charge in [0.05, 0.1) is 0 Å². The van der Waals surface area contributed by atoms with Gasteiger partial charge in [0.2, 0.25) is 0 Å². The largest absolute Gasteiger partial charge is 0.362 e. The molecule has 1 aromatic rings. The Kier molecular flexibility index (Phi) is 13.2. The molecule has 1 rings (SSSR count). The molecule has 0 fully saturated rings. The van der Waals surface area contributed by atoms with Crippen LogP contribution in [0.3, 0.4) is 0 Å². The molecule has 0 aliphatic rings. The van der Waals surface area contributed by atoms with Gasteiger partial charge in [-0.25, -0.2) is 0 Å². The molecule has 16 heavy (non-hydrogen) atoms. The summed E-state index contributed by atoms with van der Waals surface area (Å²) in [6, 6.07) is 5.82. The number of allylic oxidation sites excluding steroid dienone is 1. The first-order chi connectivity index (χ1) is 7.75. The highest BCUT2D eigenvalue weighted by Gasteiger charge is 1.98. The highest BCUT2D eigenvalue weighted by Crippen LogP contribution is 2.22. The third-order valence-electron chi connectivity index (χ3n) is 1.67. The predicted molar refractivity (Wildman–Crippen MR) is 77.3 cm³/mol. The number of nitrogens with one attached hydrogen (secondary N) is 1. The van der Waals surface area contributed by atoms with Crippen molar-refractivity contribution >= 4 is 17.3 Å². The number of rotatable bonds is 2. The van der Waals surface area contributed by atoms with Gasteiger partial charge < -0.3 is 5.32 Å². The van der Waals surface area contributed by atoms with Gasteiger partial charge in [0.15, 0.2) is 0 Å². The van der Waals surface area contributed by atoms with E-state index in [4.69, 9.17) is 11.6 Å². The van der Waals surface area contributed by atoms with Gasteiger partial charge >= 0.3 is 0 Å². The molecule has 0 amide bonds. The number of hydrogen-bond acceptors (Lipinski definition) is 1. The SMILES string of the molecule is C/C=C\Nc1cccc(Cl)c1C.CC.CC. The second-order valence-electron chi connectivity index (χ2n) is 2.56. The maximum atomic E-state index is 5.93. The number of hydrogen-bond donors (Lipinski definition) is 1. The van der Waals surface area contributed by atoms with Gasteiger partial charge in [-0.3, -0.25) is 0 Å². The van der Waals surface area contributed by atoms with Crippen LogP contribution in [-0.4, -0.2) is 0 Å². The Morgan fingerprint density at radius 3 is 2.19 bits per heavy atom. The summed E-state index contributed by atoms with van der Waals surface area (Å²) in [5.74, 6) is 0. The van der Waals surface area contributed by atoms with Crippen LogP contribution in [0.2, 0.25) is 5.02 Å². The van der Waals surface area contributed by atoms with Crippen molar-refractivity contribution < 1.29 is 0 Å². The van der Waals surface area contributed by atoms with Crippen molar-refractivity contribution in [1.29, 1.82) is 0 Å². The van der Waals surface area contributed by atoms with E-state index in [9.17, 15) is 0 Å². The molecule has 0 spiro atoms. The van der Waals surface area contributed by atoms with Gasteiger partial charge in [-0.2, -0.15) is 0 Å². The minimum atomic E-state index is 0.796. The molecule has 0 aliphatic heterocycles. The summed E-state index contributed by atoms with van der Waals surface area (Å²) in [5.41, 5.74) is 2.14. The quantitative estimate of drug-likeness (QED) is 0.706. The molecule has 0 unspecified atom stereocenters. The van der Waals surface area contributed by atoms with Gasteiger partial charge in [-0.05, 0) is 37.7 Å². The van der Waals surface area contributed by atoms with Crippen LogP contribution in [0, 0.1) is 6.92 Å². The molecule has 0 heterocycles. The Bertz CT molecular complexity index is 293. The van der Waals surface area contributed by atoms with Crippen molar-refractivity contribution in [2.75, 3.05) is 5.32 Å². The average molecular weight is 242 g/mol. The standard InChI is InChI=1S/C10H12ClN.2C2H6/c1-3-7-12-10-6-4-5-9(11)8(10)2;2*1-2/h3-7,12H,1-2H3;2*1-2H3/b7-3-;;. The van der Waals surface area contributed by atoms with Crippen LogP contribution in [0.15, 0.2) is 30.5 Å². The lowest BCUT2D eigenvalue weighted by molar-refractivity contribution is 1.43. The van der Waals surface area contributed by atoms with Crippen molar-refractivity contribution in [3.63, 3.8) is 0 Å². The Morgan fingerprint density at radius 2 is 1.69 bits per heavy atom. The van der Waals surface area contributed by atoms with E-state index in [1.165, 1.54) is 0 Å². The van der Waals surface area contributed by atoms with Gasteiger partial charge in [0.25, 0.3) is 0 Å². The van der Waals surface area contributed by atoms with E-state index in [0.717, 1.165) is 16.3 Å². The van der Waals surface area contributed by atoms with Gasteiger partial charge in [0.1, 0.15) is 0 Å². The summed E-state index contributed by atoms with van der Waals surface area (Å²) in [4.78, 5) is 0. The number of halogens is 1. The van der Waals surface area contributed by atoms with E-state index >= 15 is 0 Å². The van der Waals surface area contributed by atoms with Crippen molar-refractivity contribution in [2.24, 2.45) is 0 Å². The summed E-state index contributed by atoms with van der Waals surface area (Å²) >= 11 is 5.93. The lowest BCUT2D eigenvalue weighted by Crippen LogP contribution is -1.90. The Balaban J connectivity index is 0. The molecule has 92 valence electrons. The molecular weight excluding hydrogens is 218 g/mol. The Morgan fingerprint density at radius 1 is 1.12 bits per heavy atom. The normalized spacial score (nSPS) is 8.69. The lowest BCUT2D eigenvalue weighted by atomic mass is 10.2. The minimum Gasteiger partial charge on any atom is -0.362 e. The lowest BCUT2D eigenvalue weighted by Gasteiger charge is -2.05. The van der Waals surface area contributed by atoms with Crippen LogP contribution < -0.4 is 5.32 Å². The second kappa shape index (κ2) is 12.1. The Labute approximate surface area is 106 Å². The fourth-order valence-electron chi connectivity index (χ4n) is 0.937. The van der Waals surface area contributed by atoms with Crippen LogP contribution in [0.25, 0.3) is 0 Å². The number of benzene rings is 1. The van der Waals surface area contributed by atoms with E-state index < -0.39 is 0 Å². The monoisotopic (exact) mass is 241 g/mol. The number of anilines is 1. The van der Waals surface area contributed by atoms with Crippen LogP contribution in [0.1, 0.15) is 40.2 Å². The zero-order chi connectivity index (χ0) is 13.0. The minimum absolute atomic E-state index is 0.796. The highest BCUT2D eigenvalue weighted by molar-refractivity contribution is 6.31. The smallest absolute Gasteiger partial charge is 0.0455 e. The van der Waals surface area contributed by atoms with E-state index in [1.54, 1.807) is 0 Å². The van der Waals surface area contributed by atoms with Gasteiger partial charge in [-0.1, -0.05) is 51.4 Å². The molecule has 2 heteroatoms. The molecule has 1 N–H and O–H groups in total. The topological polar surface area (TPSA) is 12.0 Å². The maximum absolute atomic E-state index is 5.93. The summed E-state index contributed by atoms with van der Waals surface area (Å²) in [6.45, 7) is 12.0. The predicted octanol–water partition coefficient (Wildman–Crippen LogP) is 5.65. The fourth-order valence-corrected chi connectivity index (χ4v) is 1.11. The third kappa shape index (κ3) is 6.52. The van der Waals surface area contributed by atoms with Gasteiger partial charge in [-0.15, -0.1) is 0 Å². The molecule has 0 aliphatic carbocycles. The molecular formula is C14H24ClN. The molecule has 0 aromatic heterocycles. The first kappa shape index (κ1) is 17.4. The van der Waals surface area contributed by atoms with E-state index in [1.807, 2.05) is 72.0 Å². The second-order valence-corrected chi connectivity index (χ2v) is 2.96. The molecule has 1 aromatic carbocycles. The van der Waals surface area contributed by atoms with E-state index in [0.29, 0.717) is 0 Å². The molecule has 1 nitrogen and oxygen atoms in total. The Hall–Kier alpha value is -0.950. The first-order valence-corrected chi connectivity index (χ1v) is 6.26. The van der Waals surface area contributed by atoms with E-state index in [-0.39, 0.29) is 0 Å². The summed E-state index contributed by atoms with van der Waals surface area (Å²) in [5, 5.41) is 3.93. The summed E-state index contributed by atoms with van der Waals surface area (Å²) in [6.07, 6.45) is 3.83. The van der Waals surface area contributed by atoms with Crippen molar-refractivity contribution in [3.05, 3.63) is 41.1 Å². The van der Waals surface area contributed by atoms with Crippen LogP contribution in [0.5, 0.6) is 0 Å². The molecule has 0 radical (unpaired) electrons. The molecule has 0 saturated carbocycles. The highest BCUT2D eigenvalue weighted by atomic mass is 35.5. The average Bonchev–Trinajstić information content (AvgIpc) is 2.36. The van der Waals surface area contributed by atoms with Gasteiger partial charge in [0, 0.05) is 10.7 Å². The van der Waals surface area contributed by atoms with Crippen LogP contribution in [0.4, 0.5) is 5.69 Å². The van der Waals surface area contributed by atoms with Crippen molar-refractivity contribution in [3.8, 4) is 0 Å². The zero-order valence-corrected chi connectivity index (χ0v) is 12.0. The van der Waals surface area contributed by atoms with Crippen LogP contribution >= 0.6 is 11.6 Å². The zero-order valence-electron chi connectivity index (χ0n) is 11.3. The fraction of sp³-hybridized carbons (Fsp3) is 0.429. The summed E-state index contributed by atoms with van der Waals surface area (Å²) in [7, 11) is 0. The van der Waals surface area contributed by atoms with Crippen LogP contribution in [-0.2, 0) is 0 Å². The van der Waals surface area contributed by atoms with Crippen molar-refractivity contribution in [1.82, 2.24) is 0 Å². The summed E-state index contributed by atoms with van der Waals surface area (Å²) < 4.78 is 0. The third-order valence-corrected chi connectivity index (χ3v) is 2.08. The molecule has 0 atom stereocenters. The molecule has 0 saturated heterocycles. The first-order valence-electron chi connectivity index (χ1n) is 5.88. The maximum Gasteiger partial charge on any atom is 0.0455 e. The van der Waals surface area contributed by atoms with E-state index in [2.05, 4.69) is 5.32 Å².